The van der Waals surface area contributed by atoms with Crippen LogP contribution in [0.25, 0.3) is 0 Å². The van der Waals surface area contributed by atoms with E-state index in [1.807, 2.05) is 73.7 Å². The van der Waals surface area contributed by atoms with Crippen molar-refractivity contribution in [2.45, 2.75) is 24.2 Å². The smallest absolute Gasteiger partial charge is 0.270 e. The van der Waals surface area contributed by atoms with E-state index in [0.29, 0.717) is 6.42 Å². The number of benzene rings is 3. The topological polar surface area (TPSA) is 54.5 Å². The second-order valence-electron chi connectivity index (χ2n) is 7.53. The molecule has 1 aliphatic rings. The van der Waals surface area contributed by atoms with E-state index in [0.717, 1.165) is 21.0 Å². The summed E-state index contributed by atoms with van der Waals surface area (Å²) in [6.07, 6.45) is 3.70. The SMILES string of the molecule is Cc1ccc(S(=O)(=O)N2C=C[C@H](c3ccccc3)[C@H](Cc3ccccc3)C2=O)cc1. The van der Waals surface area contributed by atoms with E-state index in [9.17, 15) is 13.2 Å². The molecule has 0 fully saturated rings. The van der Waals surface area contributed by atoms with Gasteiger partial charge in [-0.3, -0.25) is 4.79 Å². The van der Waals surface area contributed by atoms with Crippen molar-refractivity contribution in [2.75, 3.05) is 0 Å². The van der Waals surface area contributed by atoms with Crippen molar-refractivity contribution in [1.29, 1.82) is 0 Å². The average molecular weight is 418 g/mol. The van der Waals surface area contributed by atoms with E-state index < -0.39 is 21.8 Å². The molecule has 1 aliphatic heterocycles. The molecule has 0 bridgehead atoms. The summed E-state index contributed by atoms with van der Waals surface area (Å²) in [5.74, 6) is -1.11. The standard InChI is InChI=1S/C25H23NO3S/c1-19-12-14-22(15-13-19)30(28,29)26-17-16-23(21-10-6-3-7-11-21)24(25(26)27)18-20-8-4-2-5-9-20/h2-17,23-24H,18H2,1H3/t23-,24+/m1/s1. The molecule has 0 radical (unpaired) electrons. The summed E-state index contributed by atoms with van der Waals surface area (Å²) in [5, 5.41) is 0. The van der Waals surface area contributed by atoms with Crippen LogP contribution in [0, 0.1) is 12.8 Å². The highest BCUT2D eigenvalue weighted by Gasteiger charge is 2.39. The summed E-state index contributed by atoms with van der Waals surface area (Å²) in [5.41, 5.74) is 2.95. The van der Waals surface area contributed by atoms with Crippen LogP contribution in [-0.2, 0) is 21.2 Å². The van der Waals surface area contributed by atoms with Gasteiger partial charge in [0.2, 0.25) is 5.91 Å². The molecule has 2 atom stereocenters. The van der Waals surface area contributed by atoms with Crippen molar-refractivity contribution in [3.05, 3.63) is 114 Å². The molecular weight excluding hydrogens is 394 g/mol. The van der Waals surface area contributed by atoms with Crippen LogP contribution in [0.1, 0.15) is 22.6 Å². The van der Waals surface area contributed by atoms with Crippen molar-refractivity contribution < 1.29 is 13.2 Å². The molecular formula is C25H23NO3S. The van der Waals surface area contributed by atoms with Gasteiger partial charge in [-0.2, -0.15) is 0 Å². The summed E-state index contributed by atoms with van der Waals surface area (Å²) in [7, 11) is -3.96. The van der Waals surface area contributed by atoms with Gasteiger partial charge >= 0.3 is 0 Å². The van der Waals surface area contributed by atoms with Crippen molar-refractivity contribution >= 4 is 15.9 Å². The van der Waals surface area contributed by atoms with E-state index in [-0.39, 0.29) is 10.8 Å². The van der Waals surface area contributed by atoms with E-state index in [4.69, 9.17) is 0 Å². The lowest BCUT2D eigenvalue weighted by Crippen LogP contribution is -2.42. The Kier molecular flexibility index (Phi) is 5.55. The normalized spacial score (nSPS) is 19.1. The highest BCUT2D eigenvalue weighted by Crippen LogP contribution is 2.36. The molecule has 1 heterocycles. The maximum atomic E-state index is 13.5. The van der Waals surface area contributed by atoms with Crippen LogP contribution in [0.3, 0.4) is 0 Å². The van der Waals surface area contributed by atoms with Crippen molar-refractivity contribution in [3.8, 4) is 0 Å². The Morgan fingerprint density at radius 1 is 0.833 bits per heavy atom. The van der Waals surface area contributed by atoms with Crippen LogP contribution in [0.4, 0.5) is 0 Å². The first-order valence-corrected chi connectivity index (χ1v) is 11.3. The van der Waals surface area contributed by atoms with Gasteiger partial charge in [0, 0.05) is 12.1 Å². The fourth-order valence-corrected chi connectivity index (χ4v) is 5.13. The van der Waals surface area contributed by atoms with Crippen LogP contribution in [0.5, 0.6) is 0 Å². The molecule has 4 nitrogen and oxygen atoms in total. The third-order valence-electron chi connectivity index (χ3n) is 5.46. The zero-order chi connectivity index (χ0) is 21.1. The Morgan fingerprint density at radius 3 is 2.07 bits per heavy atom. The minimum atomic E-state index is -3.96. The molecule has 0 saturated heterocycles. The Morgan fingerprint density at radius 2 is 1.43 bits per heavy atom. The molecule has 0 saturated carbocycles. The summed E-state index contributed by atoms with van der Waals surface area (Å²) < 4.78 is 27.3. The van der Waals surface area contributed by atoms with Crippen molar-refractivity contribution in [1.82, 2.24) is 4.31 Å². The number of aryl methyl sites for hydroxylation is 1. The Hall–Kier alpha value is -3.18. The molecule has 0 N–H and O–H groups in total. The Balaban J connectivity index is 1.74. The van der Waals surface area contributed by atoms with Crippen molar-refractivity contribution in [3.63, 3.8) is 0 Å². The summed E-state index contributed by atoms with van der Waals surface area (Å²) in [4.78, 5) is 13.6. The molecule has 3 aromatic rings. The summed E-state index contributed by atoms with van der Waals surface area (Å²) in [6, 6.07) is 26.0. The minimum absolute atomic E-state index is 0.114. The summed E-state index contributed by atoms with van der Waals surface area (Å²) >= 11 is 0. The van der Waals surface area contributed by atoms with Crippen LogP contribution in [-0.4, -0.2) is 18.6 Å². The van der Waals surface area contributed by atoms with Gasteiger partial charge in [-0.1, -0.05) is 84.4 Å². The molecule has 3 aromatic carbocycles. The number of rotatable bonds is 5. The van der Waals surface area contributed by atoms with E-state index in [1.165, 1.54) is 6.20 Å². The first kappa shape index (κ1) is 20.1. The second-order valence-corrected chi connectivity index (χ2v) is 9.34. The predicted octanol–water partition coefficient (Wildman–Crippen LogP) is 4.68. The quantitative estimate of drug-likeness (QED) is 0.606. The Labute approximate surface area is 177 Å². The van der Waals surface area contributed by atoms with E-state index in [2.05, 4.69) is 0 Å². The molecule has 1 amide bonds. The van der Waals surface area contributed by atoms with Gasteiger partial charge in [0.15, 0.2) is 0 Å². The fourth-order valence-electron chi connectivity index (χ4n) is 3.82. The molecule has 4 rings (SSSR count). The number of hydrogen-bond donors (Lipinski definition) is 0. The van der Waals surface area contributed by atoms with Crippen LogP contribution in [0.2, 0.25) is 0 Å². The second kappa shape index (κ2) is 8.28. The van der Waals surface area contributed by atoms with Crippen LogP contribution < -0.4 is 0 Å². The first-order chi connectivity index (χ1) is 14.5. The lowest BCUT2D eigenvalue weighted by Gasteiger charge is -2.33. The molecule has 5 heteroatoms. The molecule has 152 valence electrons. The fraction of sp³-hybridized carbons (Fsp3) is 0.160. The lowest BCUT2D eigenvalue weighted by molar-refractivity contribution is -0.129. The summed E-state index contributed by atoms with van der Waals surface area (Å²) in [6.45, 7) is 1.89. The number of sulfonamides is 1. The van der Waals surface area contributed by atoms with Gasteiger partial charge < -0.3 is 0 Å². The zero-order valence-corrected chi connectivity index (χ0v) is 17.5. The highest BCUT2D eigenvalue weighted by atomic mass is 32.2. The number of amides is 1. The number of carbonyl (C=O) groups excluding carboxylic acids is 1. The molecule has 0 aliphatic carbocycles. The molecule has 0 aromatic heterocycles. The van der Waals surface area contributed by atoms with Gasteiger partial charge in [-0.05, 0) is 36.6 Å². The maximum absolute atomic E-state index is 13.5. The average Bonchev–Trinajstić information content (AvgIpc) is 2.76. The molecule has 0 unspecified atom stereocenters. The Bertz CT molecular complexity index is 1150. The maximum Gasteiger partial charge on any atom is 0.270 e. The first-order valence-electron chi connectivity index (χ1n) is 9.89. The van der Waals surface area contributed by atoms with Gasteiger partial charge in [-0.25, -0.2) is 12.7 Å². The van der Waals surface area contributed by atoms with E-state index in [1.54, 1.807) is 24.3 Å². The number of hydrogen-bond acceptors (Lipinski definition) is 3. The molecule has 30 heavy (non-hydrogen) atoms. The van der Waals surface area contributed by atoms with Gasteiger partial charge in [0.05, 0.1) is 10.8 Å². The van der Waals surface area contributed by atoms with Gasteiger partial charge in [0.25, 0.3) is 10.0 Å². The van der Waals surface area contributed by atoms with E-state index >= 15 is 0 Å². The number of allylic oxidation sites excluding steroid dienone is 1. The monoisotopic (exact) mass is 417 g/mol. The molecule has 0 spiro atoms. The zero-order valence-electron chi connectivity index (χ0n) is 16.7. The number of carbonyl (C=O) groups is 1. The van der Waals surface area contributed by atoms with Crippen LogP contribution in [0.15, 0.2) is 102 Å². The lowest BCUT2D eigenvalue weighted by atomic mass is 9.80. The largest absolute Gasteiger partial charge is 0.273 e. The van der Waals surface area contributed by atoms with Crippen molar-refractivity contribution in [2.24, 2.45) is 5.92 Å². The van der Waals surface area contributed by atoms with Crippen LogP contribution >= 0.6 is 0 Å². The van der Waals surface area contributed by atoms with Gasteiger partial charge in [0.1, 0.15) is 0 Å². The number of nitrogens with zero attached hydrogens (tertiary/aromatic N) is 1. The van der Waals surface area contributed by atoms with Gasteiger partial charge in [-0.15, -0.1) is 0 Å². The third-order valence-corrected chi connectivity index (χ3v) is 7.14. The minimum Gasteiger partial charge on any atom is -0.273 e. The predicted molar refractivity (Wildman–Crippen MR) is 117 cm³/mol. The third kappa shape index (κ3) is 3.94. The highest BCUT2D eigenvalue weighted by molar-refractivity contribution is 7.89.